The molecule has 1 aliphatic carbocycles. The maximum absolute atomic E-state index is 5.65. The van der Waals surface area contributed by atoms with Gasteiger partial charge in [-0.3, -0.25) is 0 Å². The van der Waals surface area contributed by atoms with Crippen molar-refractivity contribution in [2.45, 2.75) is 52.3 Å². The fourth-order valence-electron chi connectivity index (χ4n) is 2.00. The zero-order valence-corrected chi connectivity index (χ0v) is 9.63. The molecule has 2 nitrogen and oxygen atoms in total. The lowest BCUT2D eigenvalue weighted by Crippen LogP contribution is -2.62. The van der Waals surface area contributed by atoms with E-state index in [1.165, 1.54) is 0 Å². The molecule has 0 aromatic heterocycles. The van der Waals surface area contributed by atoms with Crippen LogP contribution in [0.25, 0.3) is 0 Å². The molecule has 3 atom stereocenters. The first-order chi connectivity index (χ1) is 6.52. The van der Waals surface area contributed by atoms with Crippen LogP contribution < -0.4 is 5.32 Å². The molecule has 2 heteroatoms. The Balaban J connectivity index is 2.43. The molecule has 0 heterocycles. The van der Waals surface area contributed by atoms with Crippen LogP contribution in [0, 0.1) is 17.8 Å². The van der Waals surface area contributed by atoms with Gasteiger partial charge in [-0.1, -0.05) is 19.8 Å². The summed E-state index contributed by atoms with van der Waals surface area (Å²) in [6.07, 6.45) is 6.80. The van der Waals surface area contributed by atoms with Crippen molar-refractivity contribution in [3.8, 4) is 12.3 Å². The van der Waals surface area contributed by atoms with E-state index in [1.54, 1.807) is 0 Å². The van der Waals surface area contributed by atoms with E-state index in [9.17, 15) is 0 Å². The highest BCUT2D eigenvalue weighted by Crippen LogP contribution is 2.42. The van der Waals surface area contributed by atoms with Crippen molar-refractivity contribution < 1.29 is 4.74 Å². The van der Waals surface area contributed by atoms with E-state index < -0.39 is 0 Å². The monoisotopic (exact) mass is 195 g/mol. The van der Waals surface area contributed by atoms with E-state index >= 15 is 0 Å². The molecule has 0 bridgehead atoms. The summed E-state index contributed by atoms with van der Waals surface area (Å²) in [5.74, 6) is 2.70. The van der Waals surface area contributed by atoms with Gasteiger partial charge in [0.05, 0.1) is 12.1 Å². The van der Waals surface area contributed by atoms with Gasteiger partial charge in [0.1, 0.15) is 0 Å². The Morgan fingerprint density at radius 1 is 1.64 bits per heavy atom. The SMILES string of the molecule is C#CC(C)NC1CC(OCC)C1(C)C. The molecule has 1 saturated carbocycles. The quantitative estimate of drug-likeness (QED) is 0.691. The molecule has 1 aliphatic rings. The lowest BCUT2D eigenvalue weighted by molar-refractivity contribution is -0.114. The molecular weight excluding hydrogens is 174 g/mol. The second kappa shape index (κ2) is 4.33. The third kappa shape index (κ3) is 2.10. The maximum atomic E-state index is 5.65. The molecular formula is C12H21NO. The minimum absolute atomic E-state index is 0.154. The minimum Gasteiger partial charge on any atom is -0.378 e. The number of terminal acetylenes is 1. The Labute approximate surface area is 87.4 Å². The van der Waals surface area contributed by atoms with Crippen molar-refractivity contribution >= 4 is 0 Å². The molecule has 14 heavy (non-hydrogen) atoms. The molecule has 0 aromatic carbocycles. The highest BCUT2D eigenvalue weighted by atomic mass is 16.5. The van der Waals surface area contributed by atoms with Crippen LogP contribution in [0.2, 0.25) is 0 Å². The standard InChI is InChI=1S/C12H21NO/c1-6-9(3)13-10-8-11(14-7-2)12(10,4)5/h1,9-11,13H,7-8H2,2-5H3. The van der Waals surface area contributed by atoms with Crippen LogP contribution in [0.15, 0.2) is 0 Å². The maximum Gasteiger partial charge on any atom is 0.0660 e. The van der Waals surface area contributed by atoms with E-state index in [1.807, 2.05) is 13.8 Å². The summed E-state index contributed by atoms with van der Waals surface area (Å²) < 4.78 is 5.65. The van der Waals surface area contributed by atoms with Crippen LogP contribution in [-0.4, -0.2) is 24.8 Å². The minimum atomic E-state index is 0.154. The molecule has 1 rings (SSSR count). The number of ether oxygens (including phenoxy) is 1. The van der Waals surface area contributed by atoms with Gasteiger partial charge >= 0.3 is 0 Å². The van der Waals surface area contributed by atoms with Gasteiger partial charge in [-0.15, -0.1) is 6.42 Å². The molecule has 80 valence electrons. The van der Waals surface area contributed by atoms with Crippen LogP contribution in [0.1, 0.15) is 34.1 Å². The zero-order chi connectivity index (χ0) is 10.8. The van der Waals surface area contributed by atoms with Gasteiger partial charge in [0, 0.05) is 18.1 Å². The molecule has 0 aliphatic heterocycles. The van der Waals surface area contributed by atoms with Crippen LogP contribution in [0.4, 0.5) is 0 Å². The Hall–Kier alpha value is -0.520. The number of hydrogen-bond donors (Lipinski definition) is 1. The molecule has 0 spiro atoms. The summed E-state index contributed by atoms with van der Waals surface area (Å²) in [6.45, 7) is 9.33. The molecule has 1 N–H and O–H groups in total. The molecule has 0 aromatic rings. The Morgan fingerprint density at radius 2 is 2.29 bits per heavy atom. The van der Waals surface area contributed by atoms with E-state index in [-0.39, 0.29) is 11.5 Å². The van der Waals surface area contributed by atoms with Gasteiger partial charge < -0.3 is 10.1 Å². The third-order valence-electron chi connectivity index (χ3n) is 3.25. The van der Waals surface area contributed by atoms with Crippen LogP contribution in [0.3, 0.4) is 0 Å². The zero-order valence-electron chi connectivity index (χ0n) is 9.63. The molecule has 3 unspecified atom stereocenters. The predicted molar refractivity (Wildman–Crippen MR) is 59.0 cm³/mol. The molecule has 1 fully saturated rings. The highest BCUT2D eigenvalue weighted by Gasteiger charge is 2.48. The molecule has 0 saturated heterocycles. The summed E-state index contributed by atoms with van der Waals surface area (Å²) in [7, 11) is 0. The Morgan fingerprint density at radius 3 is 2.71 bits per heavy atom. The fourth-order valence-corrected chi connectivity index (χ4v) is 2.00. The summed E-state index contributed by atoms with van der Waals surface area (Å²) in [4.78, 5) is 0. The topological polar surface area (TPSA) is 21.3 Å². The lowest BCUT2D eigenvalue weighted by Gasteiger charge is -2.52. The summed E-state index contributed by atoms with van der Waals surface area (Å²) in [5.41, 5.74) is 0.209. The van der Waals surface area contributed by atoms with Crippen molar-refractivity contribution in [3.63, 3.8) is 0 Å². The van der Waals surface area contributed by atoms with Crippen LogP contribution in [-0.2, 0) is 4.74 Å². The normalized spacial score (nSPS) is 31.6. The van der Waals surface area contributed by atoms with Gasteiger partial charge in [-0.25, -0.2) is 0 Å². The lowest BCUT2D eigenvalue weighted by atomic mass is 9.64. The van der Waals surface area contributed by atoms with Crippen LogP contribution in [0.5, 0.6) is 0 Å². The largest absolute Gasteiger partial charge is 0.378 e. The summed E-state index contributed by atoms with van der Waals surface area (Å²) in [5, 5.41) is 3.43. The average Bonchev–Trinajstić information content (AvgIpc) is 2.16. The second-order valence-corrected chi connectivity index (χ2v) is 4.61. The first-order valence-electron chi connectivity index (χ1n) is 5.36. The van der Waals surface area contributed by atoms with Crippen molar-refractivity contribution in [1.82, 2.24) is 5.32 Å². The fraction of sp³-hybridized carbons (Fsp3) is 0.833. The number of nitrogens with one attached hydrogen (secondary N) is 1. The van der Waals surface area contributed by atoms with Gasteiger partial charge in [-0.2, -0.15) is 0 Å². The average molecular weight is 195 g/mol. The smallest absolute Gasteiger partial charge is 0.0660 e. The van der Waals surface area contributed by atoms with Crippen molar-refractivity contribution in [3.05, 3.63) is 0 Å². The third-order valence-corrected chi connectivity index (χ3v) is 3.25. The van der Waals surface area contributed by atoms with Crippen LogP contribution >= 0.6 is 0 Å². The van der Waals surface area contributed by atoms with Crippen molar-refractivity contribution in [1.29, 1.82) is 0 Å². The summed E-state index contributed by atoms with van der Waals surface area (Å²) in [6, 6.07) is 0.645. The van der Waals surface area contributed by atoms with E-state index in [0.717, 1.165) is 13.0 Å². The van der Waals surface area contributed by atoms with Gasteiger partial charge in [-0.05, 0) is 20.3 Å². The number of hydrogen-bond acceptors (Lipinski definition) is 2. The van der Waals surface area contributed by atoms with Crippen molar-refractivity contribution in [2.75, 3.05) is 6.61 Å². The highest BCUT2D eigenvalue weighted by molar-refractivity contribution is 5.07. The molecule has 0 amide bonds. The predicted octanol–water partition coefficient (Wildman–Crippen LogP) is 1.80. The summed E-state index contributed by atoms with van der Waals surface area (Å²) >= 11 is 0. The number of rotatable bonds is 4. The van der Waals surface area contributed by atoms with E-state index in [2.05, 4.69) is 25.1 Å². The second-order valence-electron chi connectivity index (χ2n) is 4.61. The van der Waals surface area contributed by atoms with E-state index in [0.29, 0.717) is 12.1 Å². The molecule has 0 radical (unpaired) electrons. The Bertz CT molecular complexity index is 229. The first kappa shape index (κ1) is 11.6. The van der Waals surface area contributed by atoms with Gasteiger partial charge in [0.15, 0.2) is 0 Å². The Kier molecular flexibility index (Phi) is 3.58. The van der Waals surface area contributed by atoms with Gasteiger partial charge in [0.25, 0.3) is 0 Å². The van der Waals surface area contributed by atoms with Gasteiger partial charge in [0.2, 0.25) is 0 Å². The van der Waals surface area contributed by atoms with Crippen molar-refractivity contribution in [2.24, 2.45) is 5.41 Å². The first-order valence-corrected chi connectivity index (χ1v) is 5.36. The van der Waals surface area contributed by atoms with E-state index in [4.69, 9.17) is 11.2 Å².